The number of nitrogens with one attached hydrogen (secondary N) is 1. The molecule has 1 aliphatic rings. The van der Waals surface area contributed by atoms with Crippen molar-refractivity contribution in [2.24, 2.45) is 5.92 Å². The Hall–Kier alpha value is -1.34. The van der Waals surface area contributed by atoms with Crippen LogP contribution in [-0.4, -0.2) is 66.1 Å². The largest absolute Gasteiger partial charge is 0.481 e. The fourth-order valence-electron chi connectivity index (χ4n) is 2.06. The molecule has 1 saturated heterocycles. The second kappa shape index (κ2) is 7.17. The quantitative estimate of drug-likeness (QED) is 0.616. The van der Waals surface area contributed by atoms with E-state index in [9.17, 15) is 9.59 Å². The molecule has 104 valence electrons. The van der Waals surface area contributed by atoms with Crippen molar-refractivity contribution in [2.75, 3.05) is 32.8 Å². The predicted molar refractivity (Wildman–Crippen MR) is 63.2 cm³/mol. The molecule has 7 nitrogen and oxygen atoms in total. The molecular weight excluding hydrogens is 240 g/mol. The molecule has 1 fully saturated rings. The topological polar surface area (TPSA) is 99.1 Å². The number of carbonyl (C=O) groups excluding carboxylic acids is 1. The van der Waals surface area contributed by atoms with E-state index < -0.39 is 18.0 Å². The van der Waals surface area contributed by atoms with Gasteiger partial charge in [-0.15, -0.1) is 0 Å². The molecule has 1 amide bonds. The molecule has 0 aromatic heterocycles. The molecule has 2 unspecified atom stereocenters. The normalized spacial score (nSPS) is 23.8. The van der Waals surface area contributed by atoms with Crippen molar-refractivity contribution in [3.63, 3.8) is 0 Å². The maximum absolute atomic E-state index is 11.6. The number of amides is 1. The lowest BCUT2D eigenvalue weighted by molar-refractivity contribution is -0.143. The van der Waals surface area contributed by atoms with Crippen LogP contribution in [0.3, 0.4) is 0 Å². The van der Waals surface area contributed by atoms with Crippen molar-refractivity contribution >= 4 is 12.1 Å². The molecule has 0 spiro atoms. The second-order valence-corrected chi connectivity index (χ2v) is 4.25. The number of aliphatic carboxylic acids is 1. The minimum absolute atomic E-state index is 0.0202. The Labute approximate surface area is 106 Å². The summed E-state index contributed by atoms with van der Waals surface area (Å²) in [6.45, 7) is 2.91. The van der Waals surface area contributed by atoms with Gasteiger partial charge in [0.1, 0.15) is 0 Å². The van der Waals surface area contributed by atoms with E-state index >= 15 is 0 Å². The smallest absolute Gasteiger partial charge is 0.409 e. The molecule has 1 heterocycles. The zero-order valence-corrected chi connectivity index (χ0v) is 10.5. The molecule has 0 radical (unpaired) electrons. The maximum atomic E-state index is 11.6. The maximum Gasteiger partial charge on any atom is 0.409 e. The number of likely N-dealkylation sites (tertiary alicyclic amines) is 1. The highest BCUT2D eigenvalue weighted by Crippen LogP contribution is 2.18. The van der Waals surface area contributed by atoms with E-state index in [-0.39, 0.29) is 25.8 Å². The van der Waals surface area contributed by atoms with Gasteiger partial charge in [0.15, 0.2) is 0 Å². The van der Waals surface area contributed by atoms with E-state index in [0.29, 0.717) is 19.5 Å². The van der Waals surface area contributed by atoms with Crippen LogP contribution in [0, 0.1) is 5.92 Å². The van der Waals surface area contributed by atoms with Gasteiger partial charge in [0.05, 0.1) is 19.1 Å². The van der Waals surface area contributed by atoms with Crippen LogP contribution in [-0.2, 0) is 9.53 Å². The zero-order chi connectivity index (χ0) is 13.5. The van der Waals surface area contributed by atoms with Gasteiger partial charge in [0, 0.05) is 25.7 Å². The van der Waals surface area contributed by atoms with E-state index in [0.717, 1.165) is 0 Å². The number of aliphatic hydroxyl groups excluding tert-OH is 1. The molecule has 2 atom stereocenters. The van der Waals surface area contributed by atoms with Gasteiger partial charge in [-0.3, -0.25) is 4.79 Å². The van der Waals surface area contributed by atoms with E-state index in [4.69, 9.17) is 14.9 Å². The summed E-state index contributed by atoms with van der Waals surface area (Å²) >= 11 is 0. The van der Waals surface area contributed by atoms with Crippen molar-refractivity contribution in [2.45, 2.75) is 19.4 Å². The summed E-state index contributed by atoms with van der Waals surface area (Å²) in [5, 5.41) is 20.8. The highest BCUT2D eigenvalue weighted by molar-refractivity contribution is 5.73. The van der Waals surface area contributed by atoms with Crippen molar-refractivity contribution in [1.29, 1.82) is 0 Å². The summed E-state index contributed by atoms with van der Waals surface area (Å²) in [6.07, 6.45) is -0.0372. The van der Waals surface area contributed by atoms with E-state index in [1.165, 1.54) is 4.90 Å². The van der Waals surface area contributed by atoms with Crippen molar-refractivity contribution < 1.29 is 24.5 Å². The van der Waals surface area contributed by atoms with Crippen molar-refractivity contribution in [3.05, 3.63) is 0 Å². The van der Waals surface area contributed by atoms with E-state index in [2.05, 4.69) is 5.32 Å². The fourth-order valence-corrected chi connectivity index (χ4v) is 2.06. The van der Waals surface area contributed by atoms with Crippen LogP contribution in [0.15, 0.2) is 0 Å². The zero-order valence-electron chi connectivity index (χ0n) is 10.5. The SMILES string of the molecule is CCOC(=O)N1CC(NCCO)CC(C(=O)O)C1. The number of ether oxygens (including phenoxy) is 1. The minimum Gasteiger partial charge on any atom is -0.481 e. The van der Waals surface area contributed by atoms with Crippen LogP contribution in [0.25, 0.3) is 0 Å². The molecule has 0 aromatic carbocycles. The van der Waals surface area contributed by atoms with E-state index in [1.54, 1.807) is 6.92 Å². The summed E-state index contributed by atoms with van der Waals surface area (Å²) in [6, 6.07) is -0.128. The number of hydrogen-bond acceptors (Lipinski definition) is 5. The molecule has 0 aromatic rings. The highest BCUT2D eigenvalue weighted by Gasteiger charge is 2.34. The van der Waals surface area contributed by atoms with Gasteiger partial charge in [0.2, 0.25) is 0 Å². The van der Waals surface area contributed by atoms with Gasteiger partial charge in [-0.2, -0.15) is 0 Å². The third kappa shape index (κ3) is 4.15. The molecule has 7 heteroatoms. The van der Waals surface area contributed by atoms with Crippen LogP contribution < -0.4 is 5.32 Å². The van der Waals surface area contributed by atoms with Gasteiger partial charge in [-0.1, -0.05) is 0 Å². The summed E-state index contributed by atoms with van der Waals surface area (Å²) < 4.78 is 4.88. The molecule has 1 rings (SSSR count). The van der Waals surface area contributed by atoms with Crippen LogP contribution in [0.5, 0.6) is 0 Å². The second-order valence-electron chi connectivity index (χ2n) is 4.25. The monoisotopic (exact) mass is 260 g/mol. The number of piperidine rings is 1. The Bertz CT molecular complexity index is 297. The Balaban J connectivity index is 2.61. The number of rotatable bonds is 5. The average molecular weight is 260 g/mol. The summed E-state index contributed by atoms with van der Waals surface area (Å²) in [5.74, 6) is -1.51. The summed E-state index contributed by atoms with van der Waals surface area (Å²) in [5.41, 5.74) is 0. The lowest BCUT2D eigenvalue weighted by Gasteiger charge is -2.35. The first kappa shape index (κ1) is 14.7. The number of hydrogen-bond donors (Lipinski definition) is 3. The van der Waals surface area contributed by atoms with Crippen LogP contribution in [0.4, 0.5) is 4.79 Å². The third-order valence-corrected chi connectivity index (χ3v) is 2.87. The van der Waals surface area contributed by atoms with Crippen LogP contribution >= 0.6 is 0 Å². The van der Waals surface area contributed by atoms with Gasteiger partial charge < -0.3 is 25.2 Å². The minimum atomic E-state index is -0.917. The molecule has 0 saturated carbocycles. The third-order valence-electron chi connectivity index (χ3n) is 2.87. The summed E-state index contributed by atoms with van der Waals surface area (Å²) in [7, 11) is 0. The molecule has 0 aliphatic carbocycles. The first-order chi connectivity index (χ1) is 8.58. The number of nitrogens with zero attached hydrogens (tertiary/aromatic N) is 1. The number of carboxylic acids is 1. The average Bonchev–Trinajstić information content (AvgIpc) is 2.36. The molecule has 0 bridgehead atoms. The van der Waals surface area contributed by atoms with Gasteiger partial charge in [0.25, 0.3) is 0 Å². The molecular formula is C11H20N2O5. The first-order valence-corrected chi connectivity index (χ1v) is 6.07. The number of carboxylic acid groups (broad SMARTS) is 1. The Morgan fingerprint density at radius 1 is 1.44 bits per heavy atom. The Morgan fingerprint density at radius 3 is 2.72 bits per heavy atom. The highest BCUT2D eigenvalue weighted by atomic mass is 16.6. The van der Waals surface area contributed by atoms with Crippen LogP contribution in [0.1, 0.15) is 13.3 Å². The summed E-state index contributed by atoms with van der Waals surface area (Å²) in [4.78, 5) is 24.1. The molecule has 18 heavy (non-hydrogen) atoms. The van der Waals surface area contributed by atoms with Gasteiger partial charge in [-0.25, -0.2) is 4.79 Å². The molecule has 3 N–H and O–H groups in total. The number of aliphatic hydroxyl groups is 1. The van der Waals surface area contributed by atoms with Crippen molar-refractivity contribution in [3.8, 4) is 0 Å². The number of carbonyl (C=O) groups is 2. The molecule has 1 aliphatic heterocycles. The Morgan fingerprint density at radius 2 is 2.17 bits per heavy atom. The van der Waals surface area contributed by atoms with Crippen LogP contribution in [0.2, 0.25) is 0 Å². The van der Waals surface area contributed by atoms with E-state index in [1.807, 2.05) is 0 Å². The fraction of sp³-hybridized carbons (Fsp3) is 0.818. The Kier molecular flexibility index (Phi) is 5.87. The first-order valence-electron chi connectivity index (χ1n) is 6.07. The predicted octanol–water partition coefficient (Wildman–Crippen LogP) is -0.500. The lowest BCUT2D eigenvalue weighted by Crippen LogP contribution is -2.53. The lowest BCUT2D eigenvalue weighted by atomic mass is 9.94. The van der Waals surface area contributed by atoms with Crippen molar-refractivity contribution in [1.82, 2.24) is 10.2 Å². The van der Waals surface area contributed by atoms with Gasteiger partial charge >= 0.3 is 12.1 Å². The standard InChI is InChI=1S/C11H20N2O5/c1-2-18-11(17)13-6-8(10(15)16)5-9(7-13)12-3-4-14/h8-9,12,14H,2-7H2,1H3,(H,15,16). The van der Waals surface area contributed by atoms with Gasteiger partial charge in [-0.05, 0) is 13.3 Å².